The zero-order valence-corrected chi connectivity index (χ0v) is 15.0. The molecule has 1 aromatic heterocycles. The molecule has 0 aliphatic rings. The Kier molecular flexibility index (Phi) is 6.30. The lowest BCUT2D eigenvalue weighted by Crippen LogP contribution is -2.28. The number of rotatable bonds is 6. The number of pyridine rings is 1. The number of nitrogens with zero attached hydrogens (tertiary/aromatic N) is 1. The Hall–Kier alpha value is -3.74. The van der Waals surface area contributed by atoms with E-state index in [4.69, 9.17) is 0 Å². The summed E-state index contributed by atoms with van der Waals surface area (Å²) in [6.07, 6.45) is 3.41. The maximum absolute atomic E-state index is 14.0. The van der Waals surface area contributed by atoms with Crippen LogP contribution in [0.1, 0.15) is 11.1 Å². The van der Waals surface area contributed by atoms with E-state index in [1.165, 1.54) is 18.2 Å². The molecule has 0 atom stereocenters. The molecule has 6 nitrogen and oxygen atoms in total. The van der Waals surface area contributed by atoms with Gasteiger partial charge in [-0.2, -0.15) is 0 Å². The topological polar surface area (TPSA) is 83.1 Å². The van der Waals surface area contributed by atoms with E-state index in [0.717, 1.165) is 11.1 Å². The van der Waals surface area contributed by atoms with Gasteiger partial charge in [0.2, 0.25) is 5.91 Å². The van der Waals surface area contributed by atoms with Crippen molar-refractivity contribution in [2.75, 3.05) is 10.6 Å². The van der Waals surface area contributed by atoms with Gasteiger partial charge in [0.15, 0.2) is 0 Å². The molecule has 7 heteroatoms. The number of carbonyl (C=O) groups is 2. The van der Waals surface area contributed by atoms with Gasteiger partial charge in [-0.15, -0.1) is 0 Å². The highest BCUT2D eigenvalue weighted by atomic mass is 19.1. The van der Waals surface area contributed by atoms with Gasteiger partial charge in [0.1, 0.15) is 5.82 Å². The van der Waals surface area contributed by atoms with Crippen molar-refractivity contribution in [3.8, 4) is 0 Å². The number of hydrogen-bond acceptors (Lipinski definition) is 3. The Morgan fingerprint density at radius 3 is 2.39 bits per heavy atom. The fraction of sp³-hybridized carbons (Fsp3) is 0.0952. The van der Waals surface area contributed by atoms with E-state index in [1.807, 2.05) is 30.3 Å². The van der Waals surface area contributed by atoms with Crippen LogP contribution in [0.15, 0.2) is 73.1 Å². The molecule has 28 heavy (non-hydrogen) atoms. The first-order valence-electron chi connectivity index (χ1n) is 8.67. The average molecular weight is 378 g/mol. The lowest BCUT2D eigenvalue weighted by molar-refractivity contribution is -0.115. The molecular formula is C21H19FN4O2. The molecule has 0 saturated heterocycles. The first-order valence-corrected chi connectivity index (χ1v) is 8.67. The van der Waals surface area contributed by atoms with Crippen LogP contribution in [0.5, 0.6) is 0 Å². The molecule has 2 aromatic carbocycles. The van der Waals surface area contributed by atoms with E-state index in [1.54, 1.807) is 24.5 Å². The lowest BCUT2D eigenvalue weighted by Gasteiger charge is -2.11. The molecule has 3 amide bonds. The zero-order valence-electron chi connectivity index (χ0n) is 15.0. The van der Waals surface area contributed by atoms with Crippen molar-refractivity contribution in [3.63, 3.8) is 0 Å². The molecule has 0 bridgehead atoms. The zero-order chi connectivity index (χ0) is 19.8. The normalized spacial score (nSPS) is 10.2. The minimum Gasteiger partial charge on any atom is -0.334 e. The third-order valence-electron chi connectivity index (χ3n) is 3.91. The standard InChI is InChI=1S/C21H19FN4O2/c22-18-7-6-17(25-21(28)24-14-16-8-10-23-11-9-16)13-19(18)26-20(27)12-15-4-2-1-3-5-15/h1-11,13H,12,14H2,(H,26,27)(H2,24,25,28). The highest BCUT2D eigenvalue weighted by Gasteiger charge is 2.10. The monoisotopic (exact) mass is 378 g/mol. The van der Waals surface area contributed by atoms with E-state index >= 15 is 0 Å². The van der Waals surface area contributed by atoms with Crippen LogP contribution in [0.4, 0.5) is 20.6 Å². The highest BCUT2D eigenvalue weighted by molar-refractivity contribution is 5.94. The van der Waals surface area contributed by atoms with Crippen LogP contribution in [0.2, 0.25) is 0 Å². The van der Waals surface area contributed by atoms with Crippen LogP contribution < -0.4 is 16.0 Å². The highest BCUT2D eigenvalue weighted by Crippen LogP contribution is 2.20. The second-order valence-corrected chi connectivity index (χ2v) is 6.07. The summed E-state index contributed by atoms with van der Waals surface area (Å²) in [7, 11) is 0. The van der Waals surface area contributed by atoms with Gasteiger partial charge in [-0.25, -0.2) is 9.18 Å². The molecule has 0 spiro atoms. The van der Waals surface area contributed by atoms with Gasteiger partial charge >= 0.3 is 6.03 Å². The number of carbonyl (C=O) groups excluding carboxylic acids is 2. The number of benzene rings is 2. The molecule has 142 valence electrons. The number of hydrogen-bond donors (Lipinski definition) is 3. The number of amides is 3. The SMILES string of the molecule is O=C(Cc1ccccc1)Nc1cc(NC(=O)NCc2ccncc2)ccc1F. The molecule has 0 radical (unpaired) electrons. The molecule has 3 aromatic rings. The fourth-order valence-corrected chi connectivity index (χ4v) is 2.53. The third kappa shape index (κ3) is 5.63. The summed E-state index contributed by atoms with van der Waals surface area (Å²) >= 11 is 0. The first-order chi connectivity index (χ1) is 13.6. The van der Waals surface area contributed by atoms with E-state index in [-0.39, 0.29) is 18.0 Å². The van der Waals surface area contributed by atoms with Gasteiger partial charge in [0.25, 0.3) is 0 Å². The van der Waals surface area contributed by atoms with Crippen molar-refractivity contribution >= 4 is 23.3 Å². The van der Waals surface area contributed by atoms with Crippen LogP contribution in [0.25, 0.3) is 0 Å². The summed E-state index contributed by atoms with van der Waals surface area (Å²) in [5.41, 5.74) is 2.10. The van der Waals surface area contributed by atoms with E-state index in [0.29, 0.717) is 12.2 Å². The van der Waals surface area contributed by atoms with Crippen molar-refractivity contribution in [2.45, 2.75) is 13.0 Å². The Balaban J connectivity index is 1.57. The maximum atomic E-state index is 14.0. The Bertz CT molecular complexity index is 949. The Morgan fingerprint density at radius 1 is 0.893 bits per heavy atom. The Labute approximate surface area is 161 Å². The number of aromatic nitrogens is 1. The van der Waals surface area contributed by atoms with E-state index < -0.39 is 11.8 Å². The number of halogens is 1. The van der Waals surface area contributed by atoms with Crippen molar-refractivity contribution in [1.29, 1.82) is 0 Å². The van der Waals surface area contributed by atoms with Gasteiger partial charge in [-0.1, -0.05) is 30.3 Å². The Morgan fingerprint density at radius 2 is 1.64 bits per heavy atom. The molecule has 1 heterocycles. The minimum absolute atomic E-state index is 0.00728. The summed E-state index contributed by atoms with van der Waals surface area (Å²) in [6, 6.07) is 16.3. The molecule has 0 fully saturated rings. The van der Waals surface area contributed by atoms with Crippen molar-refractivity contribution in [3.05, 3.63) is 90.0 Å². The van der Waals surface area contributed by atoms with Crippen LogP contribution in [-0.2, 0) is 17.8 Å². The predicted molar refractivity (Wildman–Crippen MR) is 105 cm³/mol. The smallest absolute Gasteiger partial charge is 0.319 e. The first kappa shape index (κ1) is 19.0. The number of anilines is 2. The summed E-state index contributed by atoms with van der Waals surface area (Å²) < 4.78 is 14.0. The van der Waals surface area contributed by atoms with Crippen LogP contribution in [0, 0.1) is 5.82 Å². The lowest BCUT2D eigenvalue weighted by atomic mass is 10.1. The summed E-state index contributed by atoms with van der Waals surface area (Å²) in [5.74, 6) is -0.923. The van der Waals surface area contributed by atoms with Crippen molar-refractivity contribution in [2.24, 2.45) is 0 Å². The van der Waals surface area contributed by atoms with Crippen LogP contribution in [0.3, 0.4) is 0 Å². The largest absolute Gasteiger partial charge is 0.334 e. The molecular weight excluding hydrogens is 359 g/mol. The fourth-order valence-electron chi connectivity index (χ4n) is 2.53. The van der Waals surface area contributed by atoms with Crippen molar-refractivity contribution in [1.82, 2.24) is 10.3 Å². The minimum atomic E-state index is -0.579. The predicted octanol–water partition coefficient (Wildman–Crippen LogP) is 3.72. The van der Waals surface area contributed by atoms with Crippen LogP contribution in [-0.4, -0.2) is 16.9 Å². The molecule has 0 aliphatic carbocycles. The van der Waals surface area contributed by atoms with Crippen molar-refractivity contribution < 1.29 is 14.0 Å². The average Bonchev–Trinajstić information content (AvgIpc) is 2.70. The maximum Gasteiger partial charge on any atom is 0.319 e. The van der Waals surface area contributed by atoms with Gasteiger partial charge in [0, 0.05) is 24.6 Å². The summed E-state index contributed by atoms with van der Waals surface area (Å²) in [4.78, 5) is 28.1. The van der Waals surface area contributed by atoms with Crippen LogP contribution >= 0.6 is 0 Å². The number of urea groups is 1. The third-order valence-corrected chi connectivity index (χ3v) is 3.91. The van der Waals surface area contributed by atoms with E-state index in [9.17, 15) is 14.0 Å². The second-order valence-electron chi connectivity index (χ2n) is 6.07. The molecule has 0 unspecified atom stereocenters. The molecule has 0 saturated carbocycles. The number of nitrogens with one attached hydrogen (secondary N) is 3. The summed E-state index contributed by atoms with van der Waals surface area (Å²) in [5, 5.41) is 7.85. The quantitative estimate of drug-likeness (QED) is 0.611. The van der Waals surface area contributed by atoms with Gasteiger partial charge in [-0.05, 0) is 41.5 Å². The van der Waals surface area contributed by atoms with Gasteiger partial charge in [-0.3, -0.25) is 9.78 Å². The van der Waals surface area contributed by atoms with Gasteiger partial charge < -0.3 is 16.0 Å². The second kappa shape index (κ2) is 9.27. The molecule has 3 rings (SSSR count). The summed E-state index contributed by atoms with van der Waals surface area (Å²) in [6.45, 7) is 0.330. The van der Waals surface area contributed by atoms with Gasteiger partial charge in [0.05, 0.1) is 12.1 Å². The molecule has 3 N–H and O–H groups in total. The van der Waals surface area contributed by atoms with E-state index in [2.05, 4.69) is 20.9 Å². The molecule has 0 aliphatic heterocycles.